The van der Waals surface area contributed by atoms with Gasteiger partial charge in [-0.3, -0.25) is 5.32 Å². The van der Waals surface area contributed by atoms with Crippen LogP contribution in [-0.4, -0.2) is 17.4 Å². The zero-order valence-electron chi connectivity index (χ0n) is 8.35. The van der Waals surface area contributed by atoms with E-state index in [-0.39, 0.29) is 0 Å². The van der Waals surface area contributed by atoms with Crippen LogP contribution in [0.25, 0.3) is 0 Å². The summed E-state index contributed by atoms with van der Waals surface area (Å²) in [6.45, 7) is 0.772. The van der Waals surface area contributed by atoms with Crippen molar-refractivity contribution in [1.82, 2.24) is 5.32 Å². The minimum absolute atomic E-state index is 0.772. The van der Waals surface area contributed by atoms with Gasteiger partial charge in [-0.2, -0.15) is 4.89 Å². The highest BCUT2D eigenvalue weighted by atomic mass is 31.1. The molecule has 0 aromatic carbocycles. The molecule has 0 aliphatic carbocycles. The number of hydrogen-bond donors (Lipinski definition) is 3. The Morgan fingerprint density at radius 3 is 2.64 bits per heavy atom. The summed E-state index contributed by atoms with van der Waals surface area (Å²) in [4.78, 5) is 18.6. The van der Waals surface area contributed by atoms with Gasteiger partial charge in [-0.15, -0.1) is 0 Å². The minimum atomic E-state index is -2.14. The van der Waals surface area contributed by atoms with Gasteiger partial charge in [-0.25, -0.2) is 0 Å². The molecule has 0 aromatic heterocycles. The summed E-state index contributed by atoms with van der Waals surface area (Å²) in [5.41, 5.74) is 5.19. The van der Waals surface area contributed by atoms with E-state index in [2.05, 4.69) is 5.32 Å². The summed E-state index contributed by atoms with van der Waals surface area (Å²) >= 11 is 0. The Balaban J connectivity index is 3.03. The summed E-state index contributed by atoms with van der Waals surface area (Å²) in [6.07, 6.45) is 9.09. The molecule has 0 aliphatic heterocycles. The average Bonchev–Trinajstić information content (AvgIpc) is 2.15. The van der Waals surface area contributed by atoms with E-state index in [1.165, 1.54) is 12.3 Å². The standard InChI is InChI=1S/C9H19N2O2P/c10-7-5-3-1-2-4-6-8-11-9-14(12)13/h5,7,9,11H,1-4,6,8,10H2,(H,12,13). The van der Waals surface area contributed by atoms with Gasteiger partial charge in [0.1, 0.15) is 0 Å². The van der Waals surface area contributed by atoms with Gasteiger partial charge >= 0.3 is 0 Å². The SMILES string of the molecule is NC=CCCCCCCN/C=[P+](\[O-])O. The van der Waals surface area contributed by atoms with Crippen LogP contribution in [0.1, 0.15) is 32.1 Å². The lowest BCUT2D eigenvalue weighted by molar-refractivity contribution is -0.167. The van der Waals surface area contributed by atoms with Crippen LogP contribution < -0.4 is 15.9 Å². The maximum atomic E-state index is 10.2. The normalized spacial score (nSPS) is 12.6. The highest BCUT2D eigenvalue weighted by molar-refractivity contribution is 7.43. The molecule has 5 heteroatoms. The first kappa shape index (κ1) is 13.6. The van der Waals surface area contributed by atoms with Crippen LogP contribution in [0.4, 0.5) is 0 Å². The third kappa shape index (κ3) is 11.6. The summed E-state index contributed by atoms with van der Waals surface area (Å²) in [5, 5.41) is 2.79. The molecule has 0 saturated carbocycles. The number of nitrogens with one attached hydrogen (secondary N) is 1. The summed E-state index contributed by atoms with van der Waals surface area (Å²) in [5.74, 6) is 1.23. The molecule has 0 aromatic rings. The number of nitrogens with two attached hydrogens (primary N) is 1. The molecule has 0 rings (SSSR count). The van der Waals surface area contributed by atoms with Gasteiger partial charge < -0.3 is 10.6 Å². The Hall–Kier alpha value is -0.410. The molecule has 0 aliphatic rings. The van der Waals surface area contributed by atoms with E-state index in [9.17, 15) is 4.89 Å². The van der Waals surface area contributed by atoms with Crippen molar-refractivity contribution in [3.8, 4) is 0 Å². The Morgan fingerprint density at radius 1 is 1.29 bits per heavy atom. The van der Waals surface area contributed by atoms with Crippen LogP contribution in [0, 0.1) is 0 Å². The van der Waals surface area contributed by atoms with Crippen LogP contribution >= 0.6 is 8.00 Å². The summed E-state index contributed by atoms with van der Waals surface area (Å²) in [6, 6.07) is 0. The third-order valence-corrected chi connectivity index (χ3v) is 2.18. The van der Waals surface area contributed by atoms with E-state index in [1.54, 1.807) is 6.20 Å². The fourth-order valence-corrected chi connectivity index (χ4v) is 1.37. The molecule has 0 saturated heterocycles. The van der Waals surface area contributed by atoms with Gasteiger partial charge in [-0.05, 0) is 25.5 Å². The molecule has 0 bridgehead atoms. The largest absolute Gasteiger partial charge is 0.602 e. The van der Waals surface area contributed by atoms with E-state index in [1.807, 2.05) is 6.08 Å². The Morgan fingerprint density at radius 2 is 2.00 bits per heavy atom. The van der Waals surface area contributed by atoms with Crippen molar-refractivity contribution in [2.75, 3.05) is 6.54 Å². The van der Waals surface area contributed by atoms with Gasteiger partial charge in [0, 0.05) is 6.54 Å². The zero-order valence-corrected chi connectivity index (χ0v) is 9.25. The zero-order chi connectivity index (χ0) is 10.6. The monoisotopic (exact) mass is 218 g/mol. The third-order valence-electron chi connectivity index (χ3n) is 1.78. The topological polar surface area (TPSA) is 81.3 Å². The molecule has 14 heavy (non-hydrogen) atoms. The molecule has 4 nitrogen and oxygen atoms in total. The van der Waals surface area contributed by atoms with Crippen molar-refractivity contribution in [3.05, 3.63) is 12.3 Å². The molecular formula is C9H19N2O2P. The molecule has 1 unspecified atom stereocenters. The lowest BCUT2D eigenvalue weighted by Gasteiger charge is -1.98. The van der Waals surface area contributed by atoms with Crippen LogP contribution in [0.5, 0.6) is 0 Å². The summed E-state index contributed by atoms with van der Waals surface area (Å²) in [7, 11) is -2.14. The predicted molar refractivity (Wildman–Crippen MR) is 59.6 cm³/mol. The average molecular weight is 218 g/mol. The fourth-order valence-electron chi connectivity index (χ4n) is 1.08. The maximum Gasteiger partial charge on any atom is 0.229 e. The van der Waals surface area contributed by atoms with Gasteiger partial charge in [0.15, 0.2) is 5.92 Å². The Bertz CT molecular complexity index is 180. The van der Waals surface area contributed by atoms with Gasteiger partial charge in [0.05, 0.1) is 0 Å². The smallest absolute Gasteiger partial charge is 0.229 e. The molecule has 4 N–H and O–H groups in total. The molecule has 0 spiro atoms. The lowest BCUT2D eigenvalue weighted by atomic mass is 10.1. The maximum absolute atomic E-state index is 10.2. The second-order valence-electron chi connectivity index (χ2n) is 3.02. The van der Waals surface area contributed by atoms with Gasteiger partial charge in [0.25, 0.3) is 0 Å². The Kier molecular flexibility index (Phi) is 10.4. The van der Waals surface area contributed by atoms with Crippen molar-refractivity contribution in [3.63, 3.8) is 0 Å². The lowest BCUT2D eigenvalue weighted by Crippen LogP contribution is -2.13. The summed E-state index contributed by atoms with van der Waals surface area (Å²) < 4.78 is 0. The molecular weight excluding hydrogens is 199 g/mol. The van der Waals surface area contributed by atoms with Crippen LogP contribution in [0.3, 0.4) is 0 Å². The van der Waals surface area contributed by atoms with Crippen LogP contribution in [-0.2, 0) is 0 Å². The fraction of sp³-hybridized carbons (Fsp3) is 0.667. The minimum Gasteiger partial charge on any atom is -0.602 e. The molecule has 82 valence electrons. The molecule has 0 heterocycles. The van der Waals surface area contributed by atoms with Crippen LogP contribution in [0.2, 0.25) is 0 Å². The van der Waals surface area contributed by atoms with Crippen LogP contribution in [0.15, 0.2) is 12.3 Å². The predicted octanol–water partition coefficient (Wildman–Crippen LogP) is 0.423. The van der Waals surface area contributed by atoms with Gasteiger partial charge in [0.2, 0.25) is 8.00 Å². The van der Waals surface area contributed by atoms with Crippen molar-refractivity contribution in [2.24, 2.45) is 5.73 Å². The molecule has 1 atom stereocenters. The molecule has 0 amide bonds. The van der Waals surface area contributed by atoms with E-state index in [0.717, 1.165) is 32.2 Å². The van der Waals surface area contributed by atoms with Crippen molar-refractivity contribution in [2.45, 2.75) is 32.1 Å². The van der Waals surface area contributed by atoms with E-state index in [0.29, 0.717) is 0 Å². The Labute approximate surface area is 86.4 Å². The first-order chi connectivity index (χ1) is 6.77. The molecule has 0 fully saturated rings. The van der Waals surface area contributed by atoms with Crippen molar-refractivity contribution < 1.29 is 9.79 Å². The van der Waals surface area contributed by atoms with E-state index >= 15 is 0 Å². The number of unbranched alkanes of at least 4 members (excludes halogenated alkanes) is 4. The second kappa shape index (κ2) is 10.7. The first-order valence-electron chi connectivity index (χ1n) is 4.86. The highest BCUT2D eigenvalue weighted by Gasteiger charge is 1.90. The van der Waals surface area contributed by atoms with Crippen molar-refractivity contribution >= 4 is 13.9 Å². The number of rotatable bonds is 8. The van der Waals surface area contributed by atoms with Gasteiger partial charge in [-0.1, -0.05) is 18.9 Å². The highest BCUT2D eigenvalue weighted by Crippen LogP contribution is 2.02. The van der Waals surface area contributed by atoms with Crippen molar-refractivity contribution in [1.29, 1.82) is 0 Å². The quantitative estimate of drug-likeness (QED) is 0.407. The number of hydrogen-bond acceptors (Lipinski definition) is 3. The molecule has 0 radical (unpaired) electrons. The number of allylic oxidation sites excluding steroid dienone is 1. The second-order valence-corrected chi connectivity index (χ2v) is 3.88. The van der Waals surface area contributed by atoms with E-state index < -0.39 is 8.00 Å². The first-order valence-corrected chi connectivity index (χ1v) is 6.14. The van der Waals surface area contributed by atoms with E-state index in [4.69, 9.17) is 10.6 Å².